The van der Waals surface area contributed by atoms with E-state index in [1.54, 1.807) is 0 Å². The highest BCUT2D eigenvalue weighted by Gasteiger charge is 2.67. The minimum absolute atomic E-state index is 0.187. The van der Waals surface area contributed by atoms with Crippen molar-refractivity contribution in [2.75, 3.05) is 7.05 Å². The van der Waals surface area contributed by atoms with Gasteiger partial charge in [-0.25, -0.2) is 10.4 Å². The number of epoxide rings is 1. The lowest BCUT2D eigenvalue weighted by atomic mass is 9.77. The molecule has 10 unspecified atom stereocenters. The summed E-state index contributed by atoms with van der Waals surface area (Å²) in [4.78, 5) is 2.86. The van der Waals surface area contributed by atoms with E-state index >= 15 is 0 Å². The summed E-state index contributed by atoms with van der Waals surface area (Å²) in [6.07, 6.45) is 14.2. The van der Waals surface area contributed by atoms with E-state index in [1.165, 1.54) is 50.5 Å². The molecule has 8 rings (SSSR count). The zero-order valence-electron chi connectivity index (χ0n) is 21.3. The molecule has 0 radical (unpaired) electrons. The number of hydrazine groups is 1. The fourth-order valence-electron chi connectivity index (χ4n) is 8.52. The van der Waals surface area contributed by atoms with Gasteiger partial charge >= 0.3 is 0 Å². The Hall–Kier alpha value is 0.140. The van der Waals surface area contributed by atoms with Crippen LogP contribution in [0.3, 0.4) is 0 Å². The normalized spacial score (nSPS) is 56.3. The van der Waals surface area contributed by atoms with Gasteiger partial charge in [-0.15, -0.1) is 23.4 Å². The summed E-state index contributed by atoms with van der Waals surface area (Å²) in [7, 11) is 2.23. The molecule has 4 saturated heterocycles. The third-order valence-corrected chi connectivity index (χ3v) is 13.2. The highest BCUT2D eigenvalue weighted by Crippen LogP contribution is 2.62. The zero-order valence-corrected chi connectivity index (χ0v) is 22.9. The molecule has 7 fully saturated rings. The van der Waals surface area contributed by atoms with Gasteiger partial charge in [-0.1, -0.05) is 13.0 Å². The number of thioether (sulfide) groups is 1. The van der Waals surface area contributed by atoms with Crippen LogP contribution in [0, 0.1) is 23.7 Å². The molecule has 4 aliphatic carbocycles. The maximum Gasteiger partial charge on any atom is 0.135 e. The number of nitrogens with zero attached hydrogens (tertiary/aromatic N) is 2. The van der Waals surface area contributed by atoms with Crippen LogP contribution in [-0.2, 0) is 4.74 Å². The number of allylic oxidation sites excluding steroid dienone is 1. The van der Waals surface area contributed by atoms with Gasteiger partial charge in [-0.3, -0.25) is 10.2 Å². The Morgan fingerprint density at radius 3 is 2.80 bits per heavy atom. The fourth-order valence-corrected chi connectivity index (χ4v) is 11.1. The van der Waals surface area contributed by atoms with Crippen molar-refractivity contribution in [2.24, 2.45) is 23.7 Å². The molecule has 3 N–H and O–H groups in total. The molecule has 0 aromatic rings. The van der Waals surface area contributed by atoms with Crippen LogP contribution in [0.1, 0.15) is 65.2 Å². The number of halogens is 1. The highest BCUT2D eigenvalue weighted by molar-refractivity contribution is 8.00. The van der Waals surface area contributed by atoms with Crippen molar-refractivity contribution in [3.8, 4) is 0 Å². The third-order valence-electron chi connectivity index (χ3n) is 11.0. The lowest BCUT2D eigenvalue weighted by molar-refractivity contribution is 0.103. The first kappa shape index (κ1) is 23.1. The summed E-state index contributed by atoms with van der Waals surface area (Å²) in [5, 5.41) is 12.0. The molecule has 8 aliphatic rings. The second-order valence-electron chi connectivity index (χ2n) is 13.1. The average Bonchev–Trinajstić information content (AvgIpc) is 3.78. The Kier molecular flexibility index (Phi) is 5.32. The van der Waals surface area contributed by atoms with Crippen LogP contribution in [0.5, 0.6) is 0 Å². The molecule has 0 bridgehead atoms. The predicted molar refractivity (Wildman–Crippen MR) is 141 cm³/mol. The molecular formula is C27H42ClN5OS. The van der Waals surface area contributed by atoms with Gasteiger partial charge in [0.05, 0.1) is 23.1 Å². The van der Waals surface area contributed by atoms with Gasteiger partial charge in [0, 0.05) is 35.8 Å². The Morgan fingerprint density at radius 1 is 1.23 bits per heavy atom. The topological polar surface area (TPSA) is 55.1 Å². The Labute approximate surface area is 219 Å². The fraction of sp³-hybridized carbons (Fsp3) is 0.926. The molecule has 8 heteroatoms. The molecule has 194 valence electrons. The van der Waals surface area contributed by atoms with E-state index in [0.29, 0.717) is 54.0 Å². The van der Waals surface area contributed by atoms with Crippen LogP contribution in [0.15, 0.2) is 11.6 Å². The first-order chi connectivity index (χ1) is 16.9. The number of rotatable bonds is 4. The summed E-state index contributed by atoms with van der Waals surface area (Å²) in [5.41, 5.74) is 5.60. The minimum Gasteiger partial charge on any atom is -0.353 e. The van der Waals surface area contributed by atoms with Crippen LogP contribution < -0.4 is 16.1 Å². The van der Waals surface area contributed by atoms with Crippen molar-refractivity contribution in [1.29, 1.82) is 0 Å². The summed E-state index contributed by atoms with van der Waals surface area (Å²) < 4.78 is 6.23. The maximum absolute atomic E-state index is 7.08. The standard InChI is InChI=1S/C27H42ClN5OS/c1-13-10-19(13)29-24-23(34-24)15-11-17-20(12-15)35-25-21(17)22(16-6-4-5-7-18(16)28)30-27(8-9-27)26-31-32(3)14(2)33(25)26/h6,13-15,17-26,29-31H,4-5,7-12H2,1-3H3/t13-,14?,15+,17?,18?,19-,20?,21?,22?,23?,24?,25?,26?/m1/s1. The lowest BCUT2D eigenvalue weighted by Crippen LogP contribution is -2.56. The first-order valence-electron chi connectivity index (χ1n) is 14.4. The molecule has 0 aromatic heterocycles. The Balaban J connectivity index is 1.10. The molecule has 6 nitrogen and oxygen atoms in total. The van der Waals surface area contributed by atoms with Crippen molar-refractivity contribution in [1.82, 2.24) is 26.0 Å². The quantitative estimate of drug-likeness (QED) is 0.299. The summed E-state index contributed by atoms with van der Waals surface area (Å²) >= 11 is 9.39. The van der Waals surface area contributed by atoms with Crippen molar-refractivity contribution in [3.05, 3.63) is 11.6 Å². The average molecular weight is 520 g/mol. The lowest BCUT2D eigenvalue weighted by Gasteiger charge is -2.38. The number of fused-ring (bicyclic) bond motifs is 6. The van der Waals surface area contributed by atoms with Gasteiger partial charge in [0.2, 0.25) is 0 Å². The Morgan fingerprint density at radius 2 is 2.06 bits per heavy atom. The molecule has 35 heavy (non-hydrogen) atoms. The molecule has 4 aliphatic heterocycles. The minimum atomic E-state index is 0.187. The van der Waals surface area contributed by atoms with Crippen molar-refractivity contribution >= 4 is 23.4 Å². The van der Waals surface area contributed by atoms with Gasteiger partial charge in [-0.05, 0) is 81.6 Å². The smallest absolute Gasteiger partial charge is 0.135 e. The molecule has 0 aromatic carbocycles. The van der Waals surface area contributed by atoms with Crippen LogP contribution in [-0.4, -0.2) is 75.2 Å². The number of nitrogens with one attached hydrogen (secondary N) is 3. The van der Waals surface area contributed by atoms with E-state index in [4.69, 9.17) is 16.3 Å². The predicted octanol–water partition coefficient (Wildman–Crippen LogP) is 3.44. The first-order valence-corrected chi connectivity index (χ1v) is 15.8. The van der Waals surface area contributed by atoms with Crippen molar-refractivity contribution < 1.29 is 4.74 Å². The second-order valence-corrected chi connectivity index (χ2v) is 15.0. The van der Waals surface area contributed by atoms with Crippen LogP contribution in [0.25, 0.3) is 0 Å². The highest BCUT2D eigenvalue weighted by atomic mass is 35.5. The van der Waals surface area contributed by atoms with E-state index in [2.05, 4.69) is 64.7 Å². The summed E-state index contributed by atoms with van der Waals surface area (Å²) in [6.45, 7) is 4.75. The number of hydrogen-bond donors (Lipinski definition) is 3. The van der Waals surface area contributed by atoms with E-state index in [0.717, 1.165) is 23.5 Å². The second kappa shape index (κ2) is 8.08. The number of alkyl halides is 1. The van der Waals surface area contributed by atoms with Crippen molar-refractivity contribution in [3.63, 3.8) is 0 Å². The van der Waals surface area contributed by atoms with Crippen LogP contribution >= 0.6 is 23.4 Å². The molecule has 13 atom stereocenters. The van der Waals surface area contributed by atoms with Gasteiger partial charge in [0.25, 0.3) is 0 Å². The molecule has 1 spiro atoms. The summed E-state index contributed by atoms with van der Waals surface area (Å²) in [5.74, 6) is 2.91. The van der Waals surface area contributed by atoms with Gasteiger partial charge in [0.15, 0.2) is 0 Å². The zero-order chi connectivity index (χ0) is 23.6. The van der Waals surface area contributed by atoms with E-state index in [-0.39, 0.29) is 10.9 Å². The molecule has 3 saturated carbocycles. The third kappa shape index (κ3) is 3.59. The monoisotopic (exact) mass is 519 g/mol. The van der Waals surface area contributed by atoms with E-state index in [9.17, 15) is 0 Å². The van der Waals surface area contributed by atoms with Crippen LogP contribution in [0.2, 0.25) is 0 Å². The summed E-state index contributed by atoms with van der Waals surface area (Å²) in [6, 6.07) is 1.12. The van der Waals surface area contributed by atoms with Crippen molar-refractivity contribution in [2.45, 2.75) is 124 Å². The number of ether oxygens (including phenoxy) is 1. The largest absolute Gasteiger partial charge is 0.353 e. The maximum atomic E-state index is 7.08. The van der Waals surface area contributed by atoms with Gasteiger partial charge in [-0.2, -0.15) is 0 Å². The molecular weight excluding hydrogens is 478 g/mol. The molecule has 0 amide bonds. The number of hydrogen-bond acceptors (Lipinski definition) is 7. The van der Waals surface area contributed by atoms with Gasteiger partial charge < -0.3 is 10.1 Å². The van der Waals surface area contributed by atoms with Crippen LogP contribution in [0.4, 0.5) is 0 Å². The van der Waals surface area contributed by atoms with E-state index in [1.807, 2.05) is 0 Å². The SMILES string of the molecule is CC1N(C)NC2N1C1SC3C[C@@H](C4OC4N[C@@H]4C[C@H]4C)CC3C1C(C1=CCCCC1Cl)NC21CC1. The van der Waals surface area contributed by atoms with E-state index < -0.39 is 0 Å². The Bertz CT molecular complexity index is 916. The van der Waals surface area contributed by atoms with Gasteiger partial charge in [0.1, 0.15) is 12.3 Å². The molecule has 4 heterocycles.